The number of carbonyl (C=O) groups is 1. The zero-order chi connectivity index (χ0) is 15.5. The number of aryl methyl sites for hydroxylation is 1. The van der Waals surface area contributed by atoms with Crippen LogP contribution >= 0.6 is 12.4 Å². The Morgan fingerprint density at radius 3 is 2.91 bits per heavy atom. The molecule has 0 saturated carbocycles. The molecule has 0 radical (unpaired) electrons. The van der Waals surface area contributed by atoms with E-state index in [1.54, 1.807) is 6.92 Å². The number of sulfonamides is 1. The molecule has 1 aromatic heterocycles. The Bertz CT molecular complexity index is 604. The van der Waals surface area contributed by atoms with Gasteiger partial charge in [-0.3, -0.25) is 9.89 Å². The Hall–Kier alpha value is -1.16. The van der Waals surface area contributed by atoms with Crippen LogP contribution in [-0.4, -0.2) is 55.0 Å². The van der Waals surface area contributed by atoms with Crippen LogP contribution in [0.1, 0.15) is 18.5 Å². The van der Waals surface area contributed by atoms with Crippen molar-refractivity contribution in [1.82, 2.24) is 19.8 Å². The molecule has 22 heavy (non-hydrogen) atoms. The number of nitrogens with one attached hydrogen (secondary N) is 2. The Labute approximate surface area is 136 Å². The summed E-state index contributed by atoms with van der Waals surface area (Å²) in [6, 6.07) is 0. The third-order valence-corrected chi connectivity index (χ3v) is 5.58. The first-order valence-electron chi connectivity index (χ1n) is 6.94. The van der Waals surface area contributed by atoms with E-state index in [9.17, 15) is 13.2 Å². The van der Waals surface area contributed by atoms with Crippen molar-refractivity contribution in [1.29, 1.82) is 0 Å². The van der Waals surface area contributed by atoms with Gasteiger partial charge in [-0.2, -0.15) is 9.40 Å². The first-order chi connectivity index (χ1) is 9.96. The van der Waals surface area contributed by atoms with E-state index in [0.717, 1.165) is 0 Å². The first-order valence-corrected chi connectivity index (χ1v) is 8.38. The second-order valence-electron chi connectivity index (χ2n) is 5.14. The van der Waals surface area contributed by atoms with Gasteiger partial charge in [-0.25, -0.2) is 8.42 Å². The number of rotatable bonds is 5. The third-order valence-electron chi connectivity index (χ3n) is 3.60. The summed E-state index contributed by atoms with van der Waals surface area (Å²) in [6.45, 7) is 3.06. The molecule has 126 valence electrons. The standard InChI is InChI=1S/C12H21N5O3S.ClH/c1-9-11(7-15-16-9)21(19,20)17-6-2-3-10(8-17)12(18)14-5-4-13;/h7,10H,2-6,8,13H2,1H3,(H,14,18)(H,15,16);1H. The lowest BCUT2D eigenvalue weighted by molar-refractivity contribution is -0.126. The monoisotopic (exact) mass is 351 g/mol. The van der Waals surface area contributed by atoms with Crippen molar-refractivity contribution in [2.24, 2.45) is 11.7 Å². The summed E-state index contributed by atoms with van der Waals surface area (Å²) in [7, 11) is -3.60. The molecule has 0 bridgehead atoms. The highest BCUT2D eigenvalue weighted by Gasteiger charge is 2.34. The number of hydrogen-bond donors (Lipinski definition) is 3. The van der Waals surface area contributed by atoms with Crippen LogP contribution in [0.2, 0.25) is 0 Å². The SMILES string of the molecule is Cc1[nH]ncc1S(=O)(=O)N1CCCC(C(=O)NCCN)C1.Cl. The summed E-state index contributed by atoms with van der Waals surface area (Å²) in [6.07, 6.45) is 2.66. The number of nitrogens with zero attached hydrogens (tertiary/aromatic N) is 2. The van der Waals surface area contributed by atoms with E-state index in [0.29, 0.717) is 38.2 Å². The van der Waals surface area contributed by atoms with Crippen LogP contribution in [0.5, 0.6) is 0 Å². The van der Waals surface area contributed by atoms with Crippen LogP contribution in [0.3, 0.4) is 0 Å². The Morgan fingerprint density at radius 2 is 2.32 bits per heavy atom. The van der Waals surface area contributed by atoms with Crippen LogP contribution in [0.15, 0.2) is 11.1 Å². The Kier molecular flexibility index (Phi) is 6.79. The maximum Gasteiger partial charge on any atom is 0.246 e. The van der Waals surface area contributed by atoms with Crippen molar-refractivity contribution < 1.29 is 13.2 Å². The topological polar surface area (TPSA) is 121 Å². The number of piperidine rings is 1. The normalized spacial score (nSPS) is 19.5. The van der Waals surface area contributed by atoms with Gasteiger partial charge in [0.2, 0.25) is 15.9 Å². The molecular formula is C12H22ClN5O3S. The summed E-state index contributed by atoms with van der Waals surface area (Å²) >= 11 is 0. The lowest BCUT2D eigenvalue weighted by Crippen LogP contribution is -2.46. The van der Waals surface area contributed by atoms with E-state index in [4.69, 9.17) is 5.73 Å². The van der Waals surface area contributed by atoms with Crippen molar-refractivity contribution in [3.05, 3.63) is 11.9 Å². The van der Waals surface area contributed by atoms with E-state index >= 15 is 0 Å². The van der Waals surface area contributed by atoms with Crippen LogP contribution < -0.4 is 11.1 Å². The molecule has 0 spiro atoms. The summed E-state index contributed by atoms with van der Waals surface area (Å²) < 4.78 is 26.5. The van der Waals surface area contributed by atoms with Crippen molar-refractivity contribution in [3.63, 3.8) is 0 Å². The van der Waals surface area contributed by atoms with Gasteiger partial charge < -0.3 is 11.1 Å². The molecule has 1 aliphatic heterocycles. The molecule has 2 heterocycles. The highest BCUT2D eigenvalue weighted by atomic mass is 35.5. The van der Waals surface area contributed by atoms with Crippen LogP contribution in [0.25, 0.3) is 0 Å². The zero-order valence-electron chi connectivity index (χ0n) is 12.4. The molecule has 10 heteroatoms. The van der Waals surface area contributed by atoms with Gasteiger partial charge in [-0.1, -0.05) is 0 Å². The van der Waals surface area contributed by atoms with Gasteiger partial charge >= 0.3 is 0 Å². The molecule has 8 nitrogen and oxygen atoms in total. The van der Waals surface area contributed by atoms with E-state index < -0.39 is 10.0 Å². The first kappa shape index (κ1) is 18.9. The minimum absolute atomic E-state index is 0. The summed E-state index contributed by atoms with van der Waals surface area (Å²) in [4.78, 5) is 12.1. The van der Waals surface area contributed by atoms with E-state index in [2.05, 4.69) is 15.5 Å². The van der Waals surface area contributed by atoms with Crippen LogP contribution in [-0.2, 0) is 14.8 Å². The van der Waals surface area contributed by atoms with Crippen molar-refractivity contribution >= 4 is 28.3 Å². The molecule has 1 fully saturated rings. The number of hydrogen-bond acceptors (Lipinski definition) is 5. The van der Waals surface area contributed by atoms with Gasteiger partial charge in [-0.05, 0) is 19.8 Å². The van der Waals surface area contributed by atoms with Gasteiger partial charge in [0.25, 0.3) is 0 Å². The summed E-state index contributed by atoms with van der Waals surface area (Å²) in [5, 5.41) is 9.10. The fourth-order valence-electron chi connectivity index (χ4n) is 2.45. The van der Waals surface area contributed by atoms with Crippen molar-refractivity contribution in [3.8, 4) is 0 Å². The Balaban J connectivity index is 0.00000242. The average Bonchev–Trinajstić information content (AvgIpc) is 2.91. The van der Waals surface area contributed by atoms with Crippen molar-refractivity contribution in [2.75, 3.05) is 26.2 Å². The molecule has 4 N–H and O–H groups in total. The Morgan fingerprint density at radius 1 is 1.59 bits per heavy atom. The van der Waals surface area contributed by atoms with Gasteiger partial charge in [0.05, 0.1) is 17.8 Å². The van der Waals surface area contributed by atoms with E-state index in [1.807, 2.05) is 0 Å². The highest BCUT2D eigenvalue weighted by molar-refractivity contribution is 7.89. The molecule has 1 aliphatic rings. The fourth-order valence-corrected chi connectivity index (χ4v) is 4.10. The number of carbonyl (C=O) groups excluding carboxylic acids is 1. The van der Waals surface area contributed by atoms with Gasteiger partial charge in [-0.15, -0.1) is 12.4 Å². The van der Waals surface area contributed by atoms with Gasteiger partial charge in [0, 0.05) is 26.2 Å². The maximum atomic E-state index is 12.6. The van der Waals surface area contributed by atoms with Crippen LogP contribution in [0.4, 0.5) is 0 Å². The third kappa shape index (κ3) is 3.97. The molecule has 1 unspecified atom stereocenters. The number of H-pyrrole nitrogens is 1. The molecular weight excluding hydrogens is 330 g/mol. The summed E-state index contributed by atoms with van der Waals surface area (Å²) in [5.41, 5.74) is 5.86. The summed E-state index contributed by atoms with van der Waals surface area (Å²) in [5.74, 6) is -0.462. The second kappa shape index (κ2) is 7.91. The van der Waals surface area contributed by atoms with Crippen molar-refractivity contribution in [2.45, 2.75) is 24.7 Å². The van der Waals surface area contributed by atoms with Gasteiger partial charge in [0.15, 0.2) is 0 Å². The molecule has 1 aromatic rings. The molecule has 1 amide bonds. The number of aromatic amines is 1. The molecule has 0 aliphatic carbocycles. The minimum Gasteiger partial charge on any atom is -0.355 e. The van der Waals surface area contributed by atoms with E-state index in [1.165, 1.54) is 10.5 Å². The second-order valence-corrected chi connectivity index (χ2v) is 7.05. The lowest BCUT2D eigenvalue weighted by Gasteiger charge is -2.31. The predicted molar refractivity (Wildman–Crippen MR) is 84.1 cm³/mol. The maximum absolute atomic E-state index is 12.6. The van der Waals surface area contributed by atoms with Crippen LogP contribution in [0, 0.1) is 12.8 Å². The average molecular weight is 352 g/mol. The largest absolute Gasteiger partial charge is 0.355 e. The van der Waals surface area contributed by atoms with Gasteiger partial charge in [0.1, 0.15) is 4.90 Å². The fraction of sp³-hybridized carbons (Fsp3) is 0.667. The highest BCUT2D eigenvalue weighted by Crippen LogP contribution is 2.24. The predicted octanol–water partition coefficient (Wildman–Crippen LogP) is -0.384. The quantitative estimate of drug-likeness (QED) is 0.667. The molecule has 1 saturated heterocycles. The number of amides is 1. The minimum atomic E-state index is -3.60. The lowest BCUT2D eigenvalue weighted by atomic mass is 9.99. The molecule has 1 atom stereocenters. The number of halogens is 1. The smallest absolute Gasteiger partial charge is 0.246 e. The zero-order valence-corrected chi connectivity index (χ0v) is 14.0. The number of nitrogens with two attached hydrogens (primary N) is 1. The number of aromatic nitrogens is 2. The van der Waals surface area contributed by atoms with E-state index in [-0.39, 0.29) is 35.7 Å². The molecule has 0 aromatic carbocycles. The molecule has 2 rings (SSSR count).